The van der Waals surface area contributed by atoms with Gasteiger partial charge in [-0.15, -0.1) is 0 Å². The third kappa shape index (κ3) is 3.78. The normalized spacial score (nSPS) is 43.9. The minimum atomic E-state index is -0.763. The zero-order valence-electron chi connectivity index (χ0n) is 22.7. The maximum atomic E-state index is 12.5. The van der Waals surface area contributed by atoms with Gasteiger partial charge in [0.25, 0.3) is 0 Å². The summed E-state index contributed by atoms with van der Waals surface area (Å²) in [6, 6.07) is 0. The lowest BCUT2D eigenvalue weighted by Gasteiger charge is -2.62. The van der Waals surface area contributed by atoms with Crippen LogP contribution < -0.4 is 0 Å². The second kappa shape index (κ2) is 8.99. The molecule has 0 aliphatic heterocycles. The summed E-state index contributed by atoms with van der Waals surface area (Å²) < 4.78 is 0. The van der Waals surface area contributed by atoms with Gasteiger partial charge in [0.05, 0.1) is 24.7 Å². The van der Waals surface area contributed by atoms with Crippen LogP contribution >= 0.6 is 0 Å². The second-order valence-corrected chi connectivity index (χ2v) is 13.6. The van der Waals surface area contributed by atoms with Crippen LogP contribution in [0.2, 0.25) is 0 Å². The van der Waals surface area contributed by atoms with Crippen molar-refractivity contribution < 1.29 is 25.2 Å². The third-order valence-electron chi connectivity index (χ3n) is 11.9. The Morgan fingerprint density at radius 2 is 1.71 bits per heavy atom. The van der Waals surface area contributed by atoms with E-state index in [-0.39, 0.29) is 34.9 Å². The molecule has 0 saturated heterocycles. The quantitative estimate of drug-likeness (QED) is 0.371. The fourth-order valence-electron chi connectivity index (χ4n) is 9.44. The molecule has 4 rings (SSSR count). The van der Waals surface area contributed by atoms with Gasteiger partial charge in [-0.1, -0.05) is 57.4 Å². The van der Waals surface area contributed by atoms with Crippen LogP contribution in [0, 0.1) is 39.4 Å². The SMILES string of the molecule is CC(=CCCC(C(=O)O)C1CC(O)C2(C)C3=C(CCC12C)C1(C)CCC(O)C(C)(C)C1CC3)CO. The van der Waals surface area contributed by atoms with E-state index in [0.29, 0.717) is 25.2 Å². The summed E-state index contributed by atoms with van der Waals surface area (Å²) in [7, 11) is 0. The topological polar surface area (TPSA) is 98.0 Å². The molecule has 2 saturated carbocycles. The number of carbonyl (C=O) groups is 1. The van der Waals surface area contributed by atoms with Gasteiger partial charge >= 0.3 is 5.97 Å². The number of hydrogen-bond donors (Lipinski definition) is 4. The highest BCUT2D eigenvalue weighted by atomic mass is 16.4. The van der Waals surface area contributed by atoms with Gasteiger partial charge in [0, 0.05) is 5.41 Å². The fourth-order valence-corrected chi connectivity index (χ4v) is 9.44. The Hall–Kier alpha value is -1.17. The standard InChI is InChI=1S/C30H48O5/c1-18(17-31)8-7-9-19(26(34)35)22-16-25(33)30(6)21-10-11-23-27(2,3)24(32)13-14-28(23,4)20(21)12-15-29(22,30)5/h8,19,22-25,31-33H,7,9-17H2,1-6H3,(H,34,35). The van der Waals surface area contributed by atoms with E-state index in [2.05, 4.69) is 34.6 Å². The highest BCUT2D eigenvalue weighted by Gasteiger charge is 2.67. The van der Waals surface area contributed by atoms with Crippen molar-refractivity contribution in [3.63, 3.8) is 0 Å². The van der Waals surface area contributed by atoms with Crippen molar-refractivity contribution in [3.05, 3.63) is 22.8 Å². The molecule has 0 spiro atoms. The van der Waals surface area contributed by atoms with Gasteiger partial charge < -0.3 is 20.4 Å². The van der Waals surface area contributed by atoms with Gasteiger partial charge in [-0.25, -0.2) is 0 Å². The molecule has 0 amide bonds. The lowest BCUT2D eigenvalue weighted by molar-refractivity contribution is -0.147. The summed E-state index contributed by atoms with van der Waals surface area (Å²) >= 11 is 0. The van der Waals surface area contributed by atoms with E-state index in [9.17, 15) is 25.2 Å². The molecule has 198 valence electrons. The first-order chi connectivity index (χ1) is 16.2. The molecule has 0 aromatic rings. The first kappa shape index (κ1) is 26.9. The van der Waals surface area contributed by atoms with E-state index in [1.165, 1.54) is 11.1 Å². The number of carboxylic acid groups (broad SMARTS) is 1. The molecule has 0 heterocycles. The van der Waals surface area contributed by atoms with Crippen molar-refractivity contribution in [2.24, 2.45) is 39.4 Å². The van der Waals surface area contributed by atoms with Gasteiger partial charge in [-0.05, 0) is 92.8 Å². The molecule has 4 aliphatic carbocycles. The number of aliphatic hydroxyl groups excluding tert-OH is 3. The number of aliphatic hydroxyl groups is 3. The maximum Gasteiger partial charge on any atom is 0.306 e. The van der Waals surface area contributed by atoms with E-state index >= 15 is 0 Å². The van der Waals surface area contributed by atoms with E-state index in [4.69, 9.17) is 0 Å². The lowest BCUT2D eigenvalue weighted by Crippen LogP contribution is -2.56. The largest absolute Gasteiger partial charge is 0.481 e. The zero-order valence-corrected chi connectivity index (χ0v) is 22.7. The first-order valence-electron chi connectivity index (χ1n) is 13.8. The molecular formula is C30H48O5. The predicted octanol–water partition coefficient (Wildman–Crippen LogP) is 5.49. The Labute approximate surface area is 211 Å². The minimum Gasteiger partial charge on any atom is -0.481 e. The number of carboxylic acids is 1. The Morgan fingerprint density at radius 3 is 2.34 bits per heavy atom. The summed E-state index contributed by atoms with van der Waals surface area (Å²) in [5.74, 6) is -0.918. The number of rotatable bonds is 6. The summed E-state index contributed by atoms with van der Waals surface area (Å²) in [6.45, 7) is 13.2. The molecular weight excluding hydrogens is 440 g/mol. The predicted molar refractivity (Wildman–Crippen MR) is 138 cm³/mol. The number of allylic oxidation sites excluding steroid dienone is 2. The maximum absolute atomic E-state index is 12.5. The van der Waals surface area contributed by atoms with Gasteiger partial charge in [0.15, 0.2) is 0 Å². The summed E-state index contributed by atoms with van der Waals surface area (Å²) in [4.78, 5) is 12.5. The van der Waals surface area contributed by atoms with Crippen LogP contribution in [0.4, 0.5) is 0 Å². The molecule has 4 aliphatic rings. The zero-order chi connectivity index (χ0) is 26.0. The molecule has 5 heteroatoms. The molecule has 0 aromatic heterocycles. The Balaban J connectivity index is 1.71. The minimum absolute atomic E-state index is 0.000193. The number of fused-ring (bicyclic) bond motifs is 4. The smallest absolute Gasteiger partial charge is 0.306 e. The highest BCUT2D eigenvalue weighted by Crippen LogP contribution is 2.72. The monoisotopic (exact) mass is 488 g/mol. The van der Waals surface area contributed by atoms with Crippen LogP contribution in [-0.4, -0.2) is 45.2 Å². The number of hydrogen-bond acceptors (Lipinski definition) is 4. The van der Waals surface area contributed by atoms with Crippen molar-refractivity contribution in [1.29, 1.82) is 0 Å². The van der Waals surface area contributed by atoms with Crippen molar-refractivity contribution in [2.45, 2.75) is 112 Å². The average molecular weight is 489 g/mol. The Kier molecular flexibility index (Phi) is 6.90. The summed E-state index contributed by atoms with van der Waals surface area (Å²) in [5, 5.41) is 42.0. The molecule has 5 nitrogen and oxygen atoms in total. The van der Waals surface area contributed by atoms with Crippen LogP contribution in [0.15, 0.2) is 22.8 Å². The first-order valence-corrected chi connectivity index (χ1v) is 13.8. The van der Waals surface area contributed by atoms with Gasteiger partial charge in [-0.2, -0.15) is 0 Å². The van der Waals surface area contributed by atoms with E-state index in [0.717, 1.165) is 44.1 Å². The molecule has 8 unspecified atom stereocenters. The van der Waals surface area contributed by atoms with Crippen molar-refractivity contribution in [3.8, 4) is 0 Å². The molecule has 0 bridgehead atoms. The molecule has 35 heavy (non-hydrogen) atoms. The number of aliphatic carboxylic acids is 1. The van der Waals surface area contributed by atoms with Gasteiger partial charge in [0.1, 0.15) is 0 Å². The van der Waals surface area contributed by atoms with Crippen LogP contribution in [0.25, 0.3) is 0 Å². The summed E-state index contributed by atoms with van der Waals surface area (Å²) in [5.41, 5.74) is 3.03. The molecule has 8 atom stereocenters. The Morgan fingerprint density at radius 1 is 1.03 bits per heavy atom. The van der Waals surface area contributed by atoms with E-state index in [1.807, 2.05) is 13.0 Å². The van der Waals surface area contributed by atoms with Gasteiger partial charge in [0.2, 0.25) is 0 Å². The fraction of sp³-hybridized carbons (Fsp3) is 0.833. The van der Waals surface area contributed by atoms with Gasteiger partial charge in [-0.3, -0.25) is 4.79 Å². The lowest BCUT2D eigenvalue weighted by atomic mass is 9.43. The van der Waals surface area contributed by atoms with Crippen LogP contribution in [0.1, 0.15) is 99.3 Å². The third-order valence-corrected chi connectivity index (χ3v) is 11.9. The molecule has 2 fully saturated rings. The molecule has 4 N–H and O–H groups in total. The van der Waals surface area contributed by atoms with Crippen LogP contribution in [0.3, 0.4) is 0 Å². The highest BCUT2D eigenvalue weighted by molar-refractivity contribution is 5.71. The van der Waals surface area contributed by atoms with E-state index < -0.39 is 23.4 Å². The van der Waals surface area contributed by atoms with Crippen molar-refractivity contribution >= 4 is 5.97 Å². The van der Waals surface area contributed by atoms with Crippen molar-refractivity contribution in [1.82, 2.24) is 0 Å². The van der Waals surface area contributed by atoms with Crippen LogP contribution in [-0.2, 0) is 4.79 Å². The van der Waals surface area contributed by atoms with E-state index in [1.54, 1.807) is 0 Å². The average Bonchev–Trinajstić information content (AvgIpc) is 3.00. The second-order valence-electron chi connectivity index (χ2n) is 13.6. The summed E-state index contributed by atoms with van der Waals surface area (Å²) in [6.07, 6.45) is 8.49. The van der Waals surface area contributed by atoms with Crippen molar-refractivity contribution in [2.75, 3.05) is 6.61 Å². The molecule has 0 radical (unpaired) electrons. The Bertz CT molecular complexity index is 918. The van der Waals surface area contributed by atoms with Crippen LogP contribution in [0.5, 0.6) is 0 Å². The molecule has 0 aromatic carbocycles.